The molecule has 0 fully saturated rings. The molecule has 0 aliphatic carbocycles. The van der Waals surface area contributed by atoms with Crippen LogP contribution in [0.5, 0.6) is 0 Å². The maximum atomic E-state index is 9.74. The summed E-state index contributed by atoms with van der Waals surface area (Å²) in [4.78, 5) is 4.24. The van der Waals surface area contributed by atoms with Crippen LogP contribution >= 0.6 is 0 Å². The lowest BCUT2D eigenvalue weighted by molar-refractivity contribution is 0.197. The topological polar surface area (TPSA) is 68.8 Å². The van der Waals surface area contributed by atoms with Gasteiger partial charge < -0.3 is 5.11 Å². The van der Waals surface area contributed by atoms with Crippen molar-refractivity contribution >= 4 is 0 Å². The molecule has 0 aromatic carbocycles. The molecule has 0 amide bonds. The lowest BCUT2D eigenvalue weighted by Gasteiger charge is -2.07. The van der Waals surface area contributed by atoms with E-state index in [1.807, 2.05) is 30.1 Å². The first-order chi connectivity index (χ1) is 8.54. The van der Waals surface area contributed by atoms with E-state index < -0.39 is 6.10 Å². The lowest BCUT2D eigenvalue weighted by Crippen LogP contribution is -2.11. The van der Waals surface area contributed by atoms with Crippen LogP contribution in [0.15, 0.2) is 6.33 Å². The number of aromatic nitrogens is 5. The molecule has 1 unspecified atom stereocenters. The van der Waals surface area contributed by atoms with Gasteiger partial charge in [0.1, 0.15) is 18.7 Å². The van der Waals surface area contributed by atoms with Crippen LogP contribution in [0.25, 0.3) is 0 Å². The van der Waals surface area contributed by atoms with Crippen molar-refractivity contribution < 1.29 is 5.11 Å². The standard InChI is InChI=1S/C12H19N5O/c1-5-16-11(13-7-14-16)6-17-9(3)12(10(4)18)8(2)15-17/h7,10,18H,5-6H2,1-4H3. The minimum atomic E-state index is -0.497. The molecular formula is C12H19N5O. The van der Waals surface area contributed by atoms with Crippen molar-refractivity contribution in [3.63, 3.8) is 0 Å². The Morgan fingerprint density at radius 2 is 2.06 bits per heavy atom. The van der Waals surface area contributed by atoms with Gasteiger partial charge in [-0.2, -0.15) is 10.2 Å². The minimum Gasteiger partial charge on any atom is -0.389 e. The fourth-order valence-corrected chi connectivity index (χ4v) is 2.28. The molecule has 6 nitrogen and oxygen atoms in total. The molecule has 0 aliphatic rings. The molecule has 0 spiro atoms. The van der Waals surface area contributed by atoms with Crippen molar-refractivity contribution in [3.05, 3.63) is 29.1 Å². The number of aryl methyl sites for hydroxylation is 2. The molecule has 2 aromatic heterocycles. The zero-order valence-electron chi connectivity index (χ0n) is 11.3. The van der Waals surface area contributed by atoms with Gasteiger partial charge in [0.2, 0.25) is 0 Å². The van der Waals surface area contributed by atoms with Crippen molar-refractivity contribution in [3.8, 4) is 0 Å². The molecule has 2 rings (SSSR count). The zero-order chi connectivity index (χ0) is 13.3. The highest BCUT2D eigenvalue weighted by Gasteiger charge is 2.16. The molecule has 98 valence electrons. The number of aliphatic hydroxyl groups excluding tert-OH is 1. The van der Waals surface area contributed by atoms with Gasteiger partial charge in [0.05, 0.1) is 11.8 Å². The third-order valence-corrected chi connectivity index (χ3v) is 3.14. The summed E-state index contributed by atoms with van der Waals surface area (Å²) in [5.41, 5.74) is 2.75. The average Bonchev–Trinajstić information content (AvgIpc) is 2.84. The molecule has 0 saturated heterocycles. The van der Waals surface area contributed by atoms with Gasteiger partial charge in [-0.05, 0) is 27.7 Å². The first-order valence-electron chi connectivity index (χ1n) is 6.13. The van der Waals surface area contributed by atoms with Gasteiger partial charge >= 0.3 is 0 Å². The van der Waals surface area contributed by atoms with Crippen molar-refractivity contribution in [1.29, 1.82) is 0 Å². The molecule has 2 aromatic rings. The van der Waals surface area contributed by atoms with Crippen LogP contribution in [0, 0.1) is 13.8 Å². The number of hydrogen-bond acceptors (Lipinski definition) is 4. The summed E-state index contributed by atoms with van der Waals surface area (Å²) >= 11 is 0. The predicted octanol–water partition coefficient (Wildman–Crippen LogP) is 1.21. The number of nitrogens with zero attached hydrogens (tertiary/aromatic N) is 5. The first-order valence-corrected chi connectivity index (χ1v) is 6.13. The van der Waals surface area contributed by atoms with E-state index in [-0.39, 0.29) is 0 Å². The molecule has 0 aliphatic heterocycles. The normalized spacial score (nSPS) is 12.9. The van der Waals surface area contributed by atoms with Crippen molar-refractivity contribution in [2.24, 2.45) is 0 Å². The van der Waals surface area contributed by atoms with Crippen molar-refractivity contribution in [2.45, 2.75) is 46.9 Å². The summed E-state index contributed by atoms with van der Waals surface area (Å²) < 4.78 is 3.71. The Bertz CT molecular complexity index is 541. The molecule has 18 heavy (non-hydrogen) atoms. The molecule has 6 heteroatoms. The van der Waals surface area contributed by atoms with Crippen molar-refractivity contribution in [2.75, 3.05) is 0 Å². The van der Waals surface area contributed by atoms with Crippen LogP contribution in [0.4, 0.5) is 0 Å². The van der Waals surface area contributed by atoms with Gasteiger partial charge in [-0.3, -0.25) is 4.68 Å². The maximum absolute atomic E-state index is 9.74. The Kier molecular flexibility index (Phi) is 3.47. The van der Waals surface area contributed by atoms with Crippen LogP contribution < -0.4 is 0 Å². The SMILES string of the molecule is CCn1ncnc1Cn1nc(C)c(C(C)O)c1C. The smallest absolute Gasteiger partial charge is 0.148 e. The average molecular weight is 249 g/mol. The quantitative estimate of drug-likeness (QED) is 0.884. The van der Waals surface area contributed by atoms with Crippen LogP contribution in [-0.2, 0) is 13.1 Å². The van der Waals surface area contributed by atoms with Crippen LogP contribution in [0.2, 0.25) is 0 Å². The van der Waals surface area contributed by atoms with Crippen LogP contribution in [-0.4, -0.2) is 29.7 Å². The molecule has 0 radical (unpaired) electrons. The Balaban J connectivity index is 2.33. The molecule has 1 N–H and O–H groups in total. The third kappa shape index (κ3) is 2.15. The number of hydrogen-bond donors (Lipinski definition) is 1. The maximum Gasteiger partial charge on any atom is 0.148 e. The Morgan fingerprint density at radius 3 is 2.61 bits per heavy atom. The second-order valence-corrected chi connectivity index (χ2v) is 4.41. The van der Waals surface area contributed by atoms with Gasteiger partial charge in [0.25, 0.3) is 0 Å². The van der Waals surface area contributed by atoms with Gasteiger partial charge in [0.15, 0.2) is 0 Å². The first kappa shape index (κ1) is 12.8. The molecular weight excluding hydrogens is 230 g/mol. The van der Waals surface area contributed by atoms with Gasteiger partial charge in [-0.15, -0.1) is 0 Å². The van der Waals surface area contributed by atoms with E-state index in [0.717, 1.165) is 29.3 Å². The van der Waals surface area contributed by atoms with E-state index in [1.54, 1.807) is 13.3 Å². The van der Waals surface area contributed by atoms with Crippen LogP contribution in [0.3, 0.4) is 0 Å². The minimum absolute atomic E-state index is 0.497. The fraction of sp³-hybridized carbons (Fsp3) is 0.583. The highest BCUT2D eigenvalue weighted by atomic mass is 16.3. The highest BCUT2D eigenvalue weighted by Crippen LogP contribution is 2.21. The summed E-state index contributed by atoms with van der Waals surface area (Å²) in [5.74, 6) is 0.875. The van der Waals surface area contributed by atoms with Gasteiger partial charge in [0, 0.05) is 17.8 Å². The Hall–Kier alpha value is -1.69. The van der Waals surface area contributed by atoms with E-state index >= 15 is 0 Å². The summed E-state index contributed by atoms with van der Waals surface area (Å²) in [6, 6.07) is 0. The fourth-order valence-electron chi connectivity index (χ4n) is 2.28. The van der Waals surface area contributed by atoms with E-state index in [4.69, 9.17) is 0 Å². The summed E-state index contributed by atoms with van der Waals surface area (Å²) in [6.07, 6.45) is 1.06. The van der Waals surface area contributed by atoms with Crippen LogP contribution in [0.1, 0.15) is 42.7 Å². The molecule has 2 heterocycles. The van der Waals surface area contributed by atoms with E-state index in [1.165, 1.54) is 0 Å². The van der Waals surface area contributed by atoms with Gasteiger partial charge in [-0.1, -0.05) is 0 Å². The molecule has 0 saturated carbocycles. The third-order valence-electron chi connectivity index (χ3n) is 3.14. The second-order valence-electron chi connectivity index (χ2n) is 4.41. The summed E-state index contributed by atoms with van der Waals surface area (Å²) in [7, 11) is 0. The zero-order valence-corrected chi connectivity index (χ0v) is 11.3. The predicted molar refractivity (Wildman–Crippen MR) is 67.1 cm³/mol. The second kappa shape index (κ2) is 4.89. The van der Waals surface area contributed by atoms with E-state index in [0.29, 0.717) is 6.54 Å². The van der Waals surface area contributed by atoms with Gasteiger partial charge in [-0.25, -0.2) is 9.67 Å². The Morgan fingerprint density at radius 1 is 1.33 bits per heavy atom. The summed E-state index contributed by atoms with van der Waals surface area (Å²) in [6.45, 7) is 9.03. The molecule has 1 atom stereocenters. The highest BCUT2D eigenvalue weighted by molar-refractivity contribution is 5.26. The van der Waals surface area contributed by atoms with E-state index in [9.17, 15) is 5.11 Å². The molecule has 0 bridgehead atoms. The lowest BCUT2D eigenvalue weighted by atomic mass is 10.1. The largest absolute Gasteiger partial charge is 0.389 e. The number of aliphatic hydroxyl groups is 1. The monoisotopic (exact) mass is 249 g/mol. The van der Waals surface area contributed by atoms with Crippen molar-refractivity contribution in [1.82, 2.24) is 24.5 Å². The van der Waals surface area contributed by atoms with E-state index in [2.05, 4.69) is 15.2 Å². The summed E-state index contributed by atoms with van der Waals surface area (Å²) in [5, 5.41) is 18.3. The Labute approximate surface area is 106 Å². The number of rotatable bonds is 4.